The molecule has 1 aromatic heterocycles. The summed E-state index contributed by atoms with van der Waals surface area (Å²) in [5.74, 6) is 0.661. The first kappa shape index (κ1) is 18.0. The second kappa shape index (κ2) is 7.71. The number of rotatable bonds is 5. The number of imidazole rings is 1. The van der Waals surface area contributed by atoms with Gasteiger partial charge in [-0.25, -0.2) is 4.79 Å². The van der Waals surface area contributed by atoms with Crippen LogP contribution in [-0.2, 0) is 0 Å². The number of H-pyrrole nitrogens is 2. The summed E-state index contributed by atoms with van der Waals surface area (Å²) < 4.78 is 0. The zero-order valence-electron chi connectivity index (χ0n) is 15.7. The number of aliphatic hydroxyl groups excluding tert-OH is 1. The van der Waals surface area contributed by atoms with E-state index in [9.17, 15) is 9.90 Å². The van der Waals surface area contributed by atoms with Gasteiger partial charge in [0.1, 0.15) is 0 Å². The number of aromatic nitrogens is 2. The molecule has 1 aliphatic rings. The molecule has 0 saturated heterocycles. The van der Waals surface area contributed by atoms with Crippen LogP contribution in [0.5, 0.6) is 0 Å². The molecule has 1 fully saturated rings. The average molecular weight is 365 g/mol. The van der Waals surface area contributed by atoms with E-state index in [4.69, 9.17) is 0 Å². The molecule has 27 heavy (non-hydrogen) atoms. The highest BCUT2D eigenvalue weighted by Crippen LogP contribution is 2.34. The van der Waals surface area contributed by atoms with Gasteiger partial charge in [-0.05, 0) is 61.9 Å². The standard InChI is InChI=1S/C22H27N3O2/c1-25(18-10-7-16(8-11-18)15-5-3-2-4-6-15)14-21(26)17-9-12-19-20(13-17)24-22(27)23-19/h2-6,9,12-13,16,18,21,26H,7-8,10-11,14H2,1H3,(H2,23,24,27)/t16-,18-,21?. The van der Waals surface area contributed by atoms with Crippen molar-refractivity contribution in [1.29, 1.82) is 0 Å². The van der Waals surface area contributed by atoms with E-state index in [1.54, 1.807) is 0 Å². The molecule has 4 rings (SSSR count). The number of aromatic amines is 2. The third kappa shape index (κ3) is 3.99. The van der Waals surface area contributed by atoms with Gasteiger partial charge >= 0.3 is 5.69 Å². The lowest BCUT2D eigenvalue weighted by atomic mass is 9.81. The summed E-state index contributed by atoms with van der Waals surface area (Å²) >= 11 is 0. The number of aliphatic hydroxyl groups is 1. The van der Waals surface area contributed by atoms with Crippen LogP contribution in [0.2, 0.25) is 0 Å². The molecule has 3 N–H and O–H groups in total. The summed E-state index contributed by atoms with van der Waals surface area (Å²) in [6.45, 7) is 0.598. The molecule has 3 aromatic rings. The second-order valence-corrected chi connectivity index (χ2v) is 7.76. The van der Waals surface area contributed by atoms with Gasteiger partial charge in [-0.1, -0.05) is 36.4 Å². The van der Waals surface area contributed by atoms with Gasteiger partial charge < -0.3 is 20.0 Å². The van der Waals surface area contributed by atoms with Gasteiger partial charge in [-0.15, -0.1) is 0 Å². The lowest BCUT2D eigenvalue weighted by Gasteiger charge is -2.35. The number of hydrogen-bond acceptors (Lipinski definition) is 3. The number of fused-ring (bicyclic) bond motifs is 1. The zero-order valence-corrected chi connectivity index (χ0v) is 15.7. The Balaban J connectivity index is 1.35. The fourth-order valence-electron chi connectivity index (χ4n) is 4.36. The number of benzene rings is 2. The maximum Gasteiger partial charge on any atom is 0.323 e. The normalized spacial score (nSPS) is 21.6. The fraction of sp³-hybridized carbons (Fsp3) is 0.409. The molecule has 142 valence electrons. The summed E-state index contributed by atoms with van der Waals surface area (Å²) in [6, 6.07) is 16.9. The topological polar surface area (TPSA) is 72.1 Å². The van der Waals surface area contributed by atoms with Crippen molar-refractivity contribution in [3.8, 4) is 0 Å². The van der Waals surface area contributed by atoms with Crippen LogP contribution in [-0.4, -0.2) is 39.6 Å². The first-order chi connectivity index (χ1) is 13.1. The molecular formula is C22H27N3O2. The van der Waals surface area contributed by atoms with E-state index in [0.717, 1.165) is 29.4 Å². The predicted molar refractivity (Wildman–Crippen MR) is 108 cm³/mol. The molecule has 1 atom stereocenters. The molecular weight excluding hydrogens is 338 g/mol. The van der Waals surface area contributed by atoms with Crippen LogP contribution in [0.4, 0.5) is 0 Å². The van der Waals surface area contributed by atoms with Gasteiger partial charge in [-0.3, -0.25) is 0 Å². The van der Waals surface area contributed by atoms with Crippen LogP contribution >= 0.6 is 0 Å². The van der Waals surface area contributed by atoms with E-state index < -0.39 is 6.10 Å². The summed E-state index contributed by atoms with van der Waals surface area (Å²) in [5, 5.41) is 10.7. The average Bonchev–Trinajstić information content (AvgIpc) is 3.08. The highest BCUT2D eigenvalue weighted by molar-refractivity contribution is 5.75. The molecule has 0 amide bonds. The molecule has 1 unspecified atom stereocenters. The number of likely N-dealkylation sites (N-methyl/N-ethyl adjacent to an activating group) is 1. The molecule has 2 aromatic carbocycles. The minimum atomic E-state index is -0.565. The number of hydrogen-bond donors (Lipinski definition) is 3. The van der Waals surface area contributed by atoms with Crippen molar-refractivity contribution in [2.75, 3.05) is 13.6 Å². The Hall–Kier alpha value is -2.37. The monoisotopic (exact) mass is 365 g/mol. The Kier molecular flexibility index (Phi) is 5.14. The maximum absolute atomic E-state index is 11.4. The largest absolute Gasteiger partial charge is 0.387 e. The zero-order chi connectivity index (χ0) is 18.8. The highest BCUT2D eigenvalue weighted by atomic mass is 16.3. The Morgan fingerprint density at radius 2 is 1.74 bits per heavy atom. The molecule has 5 heteroatoms. The first-order valence-electron chi connectivity index (χ1n) is 9.75. The van der Waals surface area contributed by atoms with Crippen molar-refractivity contribution in [3.05, 3.63) is 70.1 Å². The summed E-state index contributed by atoms with van der Waals surface area (Å²) in [4.78, 5) is 19.2. The summed E-state index contributed by atoms with van der Waals surface area (Å²) in [7, 11) is 2.10. The lowest BCUT2D eigenvalue weighted by Crippen LogP contribution is -2.37. The smallest absolute Gasteiger partial charge is 0.323 e. The Morgan fingerprint density at radius 1 is 1.04 bits per heavy atom. The van der Waals surface area contributed by atoms with Crippen molar-refractivity contribution < 1.29 is 5.11 Å². The van der Waals surface area contributed by atoms with Crippen LogP contribution in [0.15, 0.2) is 53.3 Å². The quantitative estimate of drug-likeness (QED) is 0.647. The van der Waals surface area contributed by atoms with Crippen molar-refractivity contribution in [2.45, 2.75) is 43.7 Å². The van der Waals surface area contributed by atoms with Crippen LogP contribution < -0.4 is 5.69 Å². The van der Waals surface area contributed by atoms with Crippen LogP contribution in [0.25, 0.3) is 11.0 Å². The lowest BCUT2D eigenvalue weighted by molar-refractivity contribution is 0.0891. The van der Waals surface area contributed by atoms with E-state index in [0.29, 0.717) is 18.5 Å². The van der Waals surface area contributed by atoms with Crippen molar-refractivity contribution >= 4 is 11.0 Å². The van der Waals surface area contributed by atoms with Gasteiger partial charge in [0.05, 0.1) is 17.1 Å². The van der Waals surface area contributed by atoms with Gasteiger partial charge in [0.2, 0.25) is 0 Å². The minimum absolute atomic E-state index is 0.219. The molecule has 0 bridgehead atoms. The SMILES string of the molecule is CN(CC(O)c1ccc2[nH]c(=O)[nH]c2c1)[C@H]1CC[C@H](c2ccccc2)CC1. The van der Waals surface area contributed by atoms with Crippen molar-refractivity contribution in [1.82, 2.24) is 14.9 Å². The van der Waals surface area contributed by atoms with Gasteiger partial charge in [0, 0.05) is 12.6 Å². The highest BCUT2D eigenvalue weighted by Gasteiger charge is 2.26. The van der Waals surface area contributed by atoms with Gasteiger partial charge in [0.15, 0.2) is 0 Å². The third-order valence-corrected chi connectivity index (χ3v) is 5.98. The summed E-state index contributed by atoms with van der Waals surface area (Å²) in [5.41, 5.74) is 3.57. The summed E-state index contributed by atoms with van der Waals surface area (Å²) in [6.07, 6.45) is 4.15. The molecule has 0 aliphatic heterocycles. The van der Waals surface area contributed by atoms with Crippen molar-refractivity contribution in [2.24, 2.45) is 0 Å². The van der Waals surface area contributed by atoms with Crippen LogP contribution in [0.1, 0.15) is 48.8 Å². The molecule has 1 heterocycles. The fourth-order valence-corrected chi connectivity index (χ4v) is 4.36. The first-order valence-corrected chi connectivity index (χ1v) is 9.75. The Bertz CT molecular complexity index is 939. The number of nitrogens with one attached hydrogen (secondary N) is 2. The van der Waals surface area contributed by atoms with E-state index >= 15 is 0 Å². The third-order valence-electron chi connectivity index (χ3n) is 5.98. The molecule has 1 aliphatic carbocycles. The molecule has 0 radical (unpaired) electrons. The second-order valence-electron chi connectivity index (χ2n) is 7.76. The minimum Gasteiger partial charge on any atom is -0.387 e. The predicted octanol–water partition coefficient (Wildman–Crippen LogP) is 3.55. The molecule has 0 spiro atoms. The Morgan fingerprint density at radius 3 is 2.48 bits per heavy atom. The van der Waals surface area contributed by atoms with Crippen LogP contribution in [0.3, 0.4) is 0 Å². The molecule has 5 nitrogen and oxygen atoms in total. The Labute approximate surface area is 159 Å². The maximum atomic E-state index is 11.4. The van der Waals surface area contributed by atoms with E-state index in [1.807, 2.05) is 18.2 Å². The van der Waals surface area contributed by atoms with Gasteiger partial charge in [0.25, 0.3) is 0 Å². The van der Waals surface area contributed by atoms with Crippen molar-refractivity contribution in [3.63, 3.8) is 0 Å². The number of nitrogens with zero attached hydrogens (tertiary/aromatic N) is 1. The molecule has 1 saturated carbocycles. The van der Waals surface area contributed by atoms with Crippen LogP contribution in [0, 0.1) is 0 Å². The van der Waals surface area contributed by atoms with E-state index in [2.05, 4.69) is 52.2 Å². The van der Waals surface area contributed by atoms with Gasteiger partial charge in [-0.2, -0.15) is 0 Å². The van der Waals surface area contributed by atoms with E-state index in [1.165, 1.54) is 18.4 Å². The van der Waals surface area contributed by atoms with E-state index in [-0.39, 0.29) is 5.69 Å².